The molecule has 0 unspecified atom stereocenters. The van der Waals surface area contributed by atoms with Crippen LogP contribution in [0, 0.1) is 6.92 Å². The van der Waals surface area contributed by atoms with Gasteiger partial charge >= 0.3 is 0 Å². The number of hydrogen-bond donors (Lipinski definition) is 1. The Morgan fingerprint density at radius 3 is 2.56 bits per heavy atom. The molecule has 0 bridgehead atoms. The molecule has 0 radical (unpaired) electrons. The maximum atomic E-state index is 13.1. The summed E-state index contributed by atoms with van der Waals surface area (Å²) in [6.07, 6.45) is 0.727. The van der Waals surface area contributed by atoms with Crippen molar-refractivity contribution in [3.63, 3.8) is 0 Å². The molecule has 2 aromatic heterocycles. The summed E-state index contributed by atoms with van der Waals surface area (Å²) in [7, 11) is 0. The van der Waals surface area contributed by atoms with Gasteiger partial charge in [-0.1, -0.05) is 65.3 Å². The van der Waals surface area contributed by atoms with Gasteiger partial charge in [0.05, 0.1) is 17.8 Å². The van der Waals surface area contributed by atoms with Crippen LogP contribution in [0.1, 0.15) is 16.7 Å². The Labute approximate surface area is 199 Å². The summed E-state index contributed by atoms with van der Waals surface area (Å²) in [5.74, 6) is 0.0990. The first kappa shape index (κ1) is 22.6. The van der Waals surface area contributed by atoms with Crippen molar-refractivity contribution in [3.05, 3.63) is 92.0 Å². The summed E-state index contributed by atoms with van der Waals surface area (Å²) in [5, 5.41) is 6.05. The number of fused-ring (bicyclic) bond motifs is 1. The first-order valence-corrected chi connectivity index (χ1v) is 12.4. The van der Waals surface area contributed by atoms with E-state index < -0.39 is 0 Å². The molecule has 32 heavy (non-hydrogen) atoms. The summed E-state index contributed by atoms with van der Waals surface area (Å²) < 4.78 is 2.30. The number of thioether (sulfide) groups is 1. The molecule has 5 nitrogen and oxygen atoms in total. The van der Waals surface area contributed by atoms with E-state index in [1.807, 2.05) is 66.9 Å². The Morgan fingerprint density at radius 1 is 1.09 bits per heavy atom. The van der Waals surface area contributed by atoms with Crippen LogP contribution in [0.25, 0.3) is 10.2 Å². The number of nitrogens with one attached hydrogen (secondary N) is 1. The van der Waals surface area contributed by atoms with Crippen molar-refractivity contribution in [2.75, 3.05) is 12.3 Å². The van der Waals surface area contributed by atoms with Gasteiger partial charge in [0.2, 0.25) is 5.91 Å². The zero-order valence-electron chi connectivity index (χ0n) is 17.5. The van der Waals surface area contributed by atoms with Crippen LogP contribution in [-0.4, -0.2) is 27.8 Å². The zero-order chi connectivity index (χ0) is 22.5. The van der Waals surface area contributed by atoms with Gasteiger partial charge in [0.15, 0.2) is 5.16 Å². The highest BCUT2D eigenvalue weighted by Gasteiger charge is 2.14. The van der Waals surface area contributed by atoms with Crippen LogP contribution in [0.2, 0.25) is 5.02 Å². The number of halogens is 1. The van der Waals surface area contributed by atoms with E-state index in [4.69, 9.17) is 11.6 Å². The van der Waals surface area contributed by atoms with E-state index in [2.05, 4.69) is 10.3 Å². The fourth-order valence-corrected chi connectivity index (χ4v) is 4.96. The highest BCUT2D eigenvalue weighted by Crippen LogP contribution is 2.22. The lowest BCUT2D eigenvalue weighted by molar-refractivity contribution is -0.118. The molecule has 2 aromatic carbocycles. The second-order valence-electron chi connectivity index (χ2n) is 7.42. The SMILES string of the molecule is Cc1ccc(Cn2c(SCC(=O)NCCc3ccc(Cl)cc3)nc3ccsc3c2=O)cc1. The number of hydrogen-bond acceptors (Lipinski definition) is 5. The average molecular weight is 484 g/mol. The number of thiophene rings is 1. The van der Waals surface area contributed by atoms with E-state index in [1.165, 1.54) is 23.1 Å². The summed E-state index contributed by atoms with van der Waals surface area (Å²) in [4.78, 5) is 30.2. The lowest BCUT2D eigenvalue weighted by Gasteiger charge is -2.12. The van der Waals surface area contributed by atoms with Crippen LogP contribution in [0.5, 0.6) is 0 Å². The quantitative estimate of drug-likeness (QED) is 0.285. The highest BCUT2D eigenvalue weighted by atomic mass is 35.5. The Hall–Kier alpha value is -2.61. The topological polar surface area (TPSA) is 64.0 Å². The van der Waals surface area contributed by atoms with Gasteiger partial charge in [-0.2, -0.15) is 0 Å². The Bertz CT molecular complexity index is 1280. The number of nitrogens with zero attached hydrogens (tertiary/aromatic N) is 2. The number of carbonyl (C=O) groups excluding carboxylic acids is 1. The van der Waals surface area contributed by atoms with E-state index in [1.54, 1.807) is 4.57 Å². The van der Waals surface area contributed by atoms with Crippen LogP contribution >= 0.6 is 34.7 Å². The third kappa shape index (κ3) is 5.59. The molecule has 2 heterocycles. The molecule has 1 N–H and O–H groups in total. The molecule has 0 spiro atoms. The molecule has 0 aliphatic heterocycles. The third-order valence-electron chi connectivity index (χ3n) is 4.97. The minimum Gasteiger partial charge on any atom is -0.355 e. The molecule has 4 aromatic rings. The third-order valence-corrected chi connectivity index (χ3v) is 7.09. The lowest BCUT2D eigenvalue weighted by Crippen LogP contribution is -2.28. The largest absolute Gasteiger partial charge is 0.355 e. The van der Waals surface area contributed by atoms with Gasteiger partial charge in [0.1, 0.15) is 4.70 Å². The molecule has 0 saturated heterocycles. The van der Waals surface area contributed by atoms with E-state index in [-0.39, 0.29) is 17.2 Å². The molecule has 0 saturated carbocycles. The molecule has 0 atom stereocenters. The second kappa shape index (κ2) is 10.3. The normalized spacial score (nSPS) is 11.1. The molecule has 1 amide bonds. The maximum absolute atomic E-state index is 13.1. The number of rotatable bonds is 8. The molecule has 8 heteroatoms. The number of carbonyl (C=O) groups is 1. The molecule has 0 fully saturated rings. The van der Waals surface area contributed by atoms with Crippen LogP contribution in [0.15, 0.2) is 69.9 Å². The van der Waals surface area contributed by atoms with Gasteiger partial charge < -0.3 is 5.32 Å². The van der Waals surface area contributed by atoms with Gasteiger partial charge in [-0.15, -0.1) is 11.3 Å². The summed E-state index contributed by atoms with van der Waals surface area (Å²) in [6, 6.07) is 17.5. The van der Waals surface area contributed by atoms with Crippen molar-refractivity contribution in [2.24, 2.45) is 0 Å². The average Bonchev–Trinajstić information content (AvgIpc) is 3.26. The van der Waals surface area contributed by atoms with Gasteiger partial charge in [-0.05, 0) is 48.1 Å². The lowest BCUT2D eigenvalue weighted by atomic mass is 10.1. The van der Waals surface area contributed by atoms with Gasteiger partial charge in [-0.3, -0.25) is 14.2 Å². The smallest absolute Gasteiger partial charge is 0.272 e. The van der Waals surface area contributed by atoms with Crippen LogP contribution in [0.3, 0.4) is 0 Å². The van der Waals surface area contributed by atoms with E-state index in [9.17, 15) is 9.59 Å². The number of aromatic nitrogens is 2. The monoisotopic (exact) mass is 483 g/mol. The van der Waals surface area contributed by atoms with Crippen molar-refractivity contribution in [2.45, 2.75) is 25.0 Å². The fraction of sp³-hybridized carbons (Fsp3) is 0.208. The minimum absolute atomic E-state index is 0.0729. The minimum atomic E-state index is -0.0921. The molecular formula is C24H22ClN3O2S2. The summed E-state index contributed by atoms with van der Waals surface area (Å²) in [5.41, 5.74) is 3.89. The van der Waals surface area contributed by atoms with Gasteiger partial charge in [0.25, 0.3) is 5.56 Å². The predicted molar refractivity (Wildman–Crippen MR) is 133 cm³/mol. The predicted octanol–water partition coefficient (Wildman–Crippen LogP) is 4.92. The number of aryl methyl sites for hydroxylation is 1. The highest BCUT2D eigenvalue weighted by molar-refractivity contribution is 7.99. The molecule has 0 aliphatic rings. The summed E-state index contributed by atoms with van der Waals surface area (Å²) >= 11 is 8.58. The zero-order valence-corrected chi connectivity index (χ0v) is 19.9. The van der Waals surface area contributed by atoms with Crippen LogP contribution in [-0.2, 0) is 17.8 Å². The standard InChI is InChI=1S/C24H22ClN3O2S2/c1-16-2-4-18(5-3-16)14-28-23(30)22-20(11-13-31-22)27-24(28)32-15-21(29)26-12-10-17-6-8-19(25)9-7-17/h2-9,11,13H,10,12,14-15H2,1H3,(H,26,29). The van der Waals surface area contributed by atoms with E-state index in [0.717, 1.165) is 23.1 Å². The first-order chi connectivity index (χ1) is 15.5. The van der Waals surface area contributed by atoms with Gasteiger partial charge in [-0.25, -0.2) is 4.98 Å². The number of amides is 1. The molecule has 4 rings (SSSR count). The van der Waals surface area contributed by atoms with E-state index in [0.29, 0.717) is 33.5 Å². The van der Waals surface area contributed by atoms with Crippen molar-refractivity contribution in [3.8, 4) is 0 Å². The van der Waals surface area contributed by atoms with Crippen molar-refractivity contribution in [1.29, 1.82) is 0 Å². The second-order valence-corrected chi connectivity index (χ2v) is 9.72. The van der Waals surface area contributed by atoms with Gasteiger partial charge in [0, 0.05) is 11.6 Å². The van der Waals surface area contributed by atoms with Crippen molar-refractivity contribution in [1.82, 2.24) is 14.9 Å². The first-order valence-electron chi connectivity index (χ1n) is 10.2. The number of benzene rings is 2. The fourth-order valence-electron chi connectivity index (χ4n) is 3.23. The summed E-state index contributed by atoms with van der Waals surface area (Å²) in [6.45, 7) is 2.98. The Balaban J connectivity index is 1.44. The van der Waals surface area contributed by atoms with Crippen LogP contribution in [0.4, 0.5) is 0 Å². The van der Waals surface area contributed by atoms with Crippen molar-refractivity contribution >= 4 is 50.8 Å². The van der Waals surface area contributed by atoms with E-state index >= 15 is 0 Å². The molecule has 164 valence electrons. The Morgan fingerprint density at radius 2 is 1.81 bits per heavy atom. The Kier molecular flexibility index (Phi) is 7.29. The molecule has 0 aliphatic carbocycles. The molecular weight excluding hydrogens is 462 g/mol. The maximum Gasteiger partial charge on any atom is 0.272 e. The van der Waals surface area contributed by atoms with Crippen molar-refractivity contribution < 1.29 is 4.79 Å². The van der Waals surface area contributed by atoms with Crippen LogP contribution < -0.4 is 10.9 Å².